The lowest BCUT2D eigenvalue weighted by Crippen LogP contribution is -2.25. The Hall–Kier alpha value is -0.860. The van der Waals surface area contributed by atoms with E-state index in [0.29, 0.717) is 5.92 Å². The van der Waals surface area contributed by atoms with Crippen LogP contribution in [0, 0.1) is 17.8 Å². The van der Waals surface area contributed by atoms with Gasteiger partial charge in [-0.15, -0.1) is 0 Å². The van der Waals surface area contributed by atoms with Crippen molar-refractivity contribution in [3.8, 4) is 0 Å². The third-order valence-electron chi connectivity index (χ3n) is 3.03. The van der Waals surface area contributed by atoms with E-state index >= 15 is 0 Å². The van der Waals surface area contributed by atoms with Crippen molar-refractivity contribution in [1.82, 2.24) is 5.32 Å². The fourth-order valence-electron chi connectivity index (χ4n) is 2.29. The van der Waals surface area contributed by atoms with Crippen molar-refractivity contribution in [1.29, 1.82) is 0 Å². The Bertz CT molecular complexity index is 237. The first-order valence-electron chi connectivity index (χ1n) is 4.53. The van der Waals surface area contributed by atoms with Crippen LogP contribution in [-0.4, -0.2) is 11.8 Å². The number of amides is 2. The van der Waals surface area contributed by atoms with E-state index < -0.39 is 0 Å². The van der Waals surface area contributed by atoms with Crippen LogP contribution in [0.5, 0.6) is 0 Å². The van der Waals surface area contributed by atoms with Crippen LogP contribution in [0.25, 0.3) is 0 Å². The molecule has 3 heteroatoms. The molecule has 1 N–H and O–H groups in total. The van der Waals surface area contributed by atoms with Crippen molar-refractivity contribution in [3.63, 3.8) is 0 Å². The minimum atomic E-state index is -0.0449. The lowest BCUT2D eigenvalue weighted by molar-refractivity contribution is -0.126. The van der Waals surface area contributed by atoms with Crippen LogP contribution in [0.2, 0.25) is 0 Å². The van der Waals surface area contributed by atoms with Gasteiger partial charge in [-0.05, 0) is 25.2 Å². The van der Waals surface area contributed by atoms with Crippen molar-refractivity contribution in [2.24, 2.45) is 17.8 Å². The molecule has 1 saturated heterocycles. The quantitative estimate of drug-likeness (QED) is 0.540. The molecule has 0 radical (unpaired) electrons. The Kier molecular flexibility index (Phi) is 1.67. The number of imide groups is 1. The lowest BCUT2D eigenvalue weighted by Gasteiger charge is -2.25. The van der Waals surface area contributed by atoms with Crippen LogP contribution < -0.4 is 5.32 Å². The van der Waals surface area contributed by atoms with Gasteiger partial charge in [0.1, 0.15) is 0 Å². The van der Waals surface area contributed by atoms with Gasteiger partial charge < -0.3 is 0 Å². The molecule has 2 fully saturated rings. The fraction of sp³-hybridized carbons (Fsp3) is 0.778. The highest BCUT2D eigenvalue weighted by Gasteiger charge is 2.44. The van der Waals surface area contributed by atoms with Gasteiger partial charge >= 0.3 is 0 Å². The molecule has 0 bridgehead atoms. The van der Waals surface area contributed by atoms with Crippen LogP contribution >= 0.6 is 0 Å². The molecule has 0 aromatic heterocycles. The normalized spacial score (nSPS) is 40.9. The summed E-state index contributed by atoms with van der Waals surface area (Å²) in [5.74, 6) is 0.492. The molecule has 1 saturated carbocycles. The van der Waals surface area contributed by atoms with Gasteiger partial charge in [0.25, 0.3) is 0 Å². The molecule has 3 nitrogen and oxygen atoms in total. The monoisotopic (exact) mass is 167 g/mol. The van der Waals surface area contributed by atoms with E-state index in [1.807, 2.05) is 0 Å². The van der Waals surface area contributed by atoms with Gasteiger partial charge in [-0.2, -0.15) is 0 Å². The first kappa shape index (κ1) is 7.77. The van der Waals surface area contributed by atoms with E-state index in [1.165, 1.54) is 0 Å². The molecule has 2 aliphatic rings. The summed E-state index contributed by atoms with van der Waals surface area (Å²) in [5, 5.41) is 2.40. The van der Waals surface area contributed by atoms with Crippen LogP contribution in [0.3, 0.4) is 0 Å². The molecule has 0 aromatic rings. The molecule has 1 heterocycles. The first-order valence-corrected chi connectivity index (χ1v) is 4.53. The number of hydrogen-bond acceptors (Lipinski definition) is 2. The van der Waals surface area contributed by atoms with Crippen LogP contribution in [0.1, 0.15) is 26.2 Å². The van der Waals surface area contributed by atoms with Gasteiger partial charge in [-0.3, -0.25) is 14.9 Å². The zero-order valence-electron chi connectivity index (χ0n) is 7.17. The Morgan fingerprint density at radius 3 is 2.58 bits per heavy atom. The maximum atomic E-state index is 11.2. The molecule has 0 aromatic carbocycles. The van der Waals surface area contributed by atoms with Gasteiger partial charge in [0, 0.05) is 5.92 Å². The van der Waals surface area contributed by atoms with E-state index in [-0.39, 0.29) is 23.7 Å². The molecule has 1 aliphatic heterocycles. The predicted octanol–water partition coefficient (Wildman–Crippen LogP) is 0.695. The van der Waals surface area contributed by atoms with Crippen molar-refractivity contribution in [3.05, 3.63) is 0 Å². The second kappa shape index (κ2) is 2.57. The minimum Gasteiger partial charge on any atom is -0.296 e. The average molecular weight is 167 g/mol. The second-order valence-electron chi connectivity index (χ2n) is 3.98. The SMILES string of the molecule is C[C@H]1CC[C@@H]2C(=O)NC(=O)[C@@H]2C1. The van der Waals surface area contributed by atoms with E-state index in [4.69, 9.17) is 0 Å². The maximum Gasteiger partial charge on any atom is 0.230 e. The van der Waals surface area contributed by atoms with Crippen LogP contribution in [-0.2, 0) is 9.59 Å². The number of rotatable bonds is 0. The molecule has 66 valence electrons. The van der Waals surface area contributed by atoms with Crippen molar-refractivity contribution >= 4 is 11.8 Å². The molecule has 1 aliphatic carbocycles. The highest BCUT2D eigenvalue weighted by Crippen LogP contribution is 2.36. The summed E-state index contributed by atoms with van der Waals surface area (Å²) in [4.78, 5) is 22.4. The Balaban J connectivity index is 2.17. The summed E-state index contributed by atoms with van der Waals surface area (Å²) in [6, 6.07) is 0. The van der Waals surface area contributed by atoms with Crippen molar-refractivity contribution in [2.45, 2.75) is 26.2 Å². The van der Waals surface area contributed by atoms with Gasteiger partial charge in [0.2, 0.25) is 11.8 Å². The van der Waals surface area contributed by atoms with Crippen LogP contribution in [0.4, 0.5) is 0 Å². The number of hydrogen-bond donors (Lipinski definition) is 1. The summed E-state index contributed by atoms with van der Waals surface area (Å²) >= 11 is 0. The largest absolute Gasteiger partial charge is 0.296 e. The molecule has 0 spiro atoms. The van der Waals surface area contributed by atoms with Crippen LogP contribution in [0.15, 0.2) is 0 Å². The number of nitrogens with one attached hydrogen (secondary N) is 1. The number of carbonyl (C=O) groups is 2. The topological polar surface area (TPSA) is 46.2 Å². The third kappa shape index (κ3) is 1.04. The molecular weight excluding hydrogens is 154 g/mol. The summed E-state index contributed by atoms with van der Waals surface area (Å²) in [5.41, 5.74) is 0. The Labute approximate surface area is 71.5 Å². The summed E-state index contributed by atoms with van der Waals surface area (Å²) in [6.07, 6.45) is 2.87. The highest BCUT2D eigenvalue weighted by atomic mass is 16.2. The average Bonchev–Trinajstić information content (AvgIpc) is 2.28. The first-order chi connectivity index (χ1) is 5.68. The Morgan fingerprint density at radius 1 is 1.17 bits per heavy atom. The van der Waals surface area contributed by atoms with Crippen molar-refractivity contribution in [2.75, 3.05) is 0 Å². The molecule has 2 rings (SSSR count). The zero-order valence-corrected chi connectivity index (χ0v) is 7.17. The molecular formula is C9H13NO2. The fourth-order valence-corrected chi connectivity index (χ4v) is 2.29. The van der Waals surface area contributed by atoms with E-state index in [1.54, 1.807) is 0 Å². The summed E-state index contributed by atoms with van der Waals surface area (Å²) in [7, 11) is 0. The Morgan fingerprint density at radius 2 is 1.83 bits per heavy atom. The molecule has 2 amide bonds. The third-order valence-corrected chi connectivity index (χ3v) is 3.03. The van der Waals surface area contributed by atoms with Crippen molar-refractivity contribution < 1.29 is 9.59 Å². The molecule has 3 atom stereocenters. The van der Waals surface area contributed by atoms with Gasteiger partial charge in [-0.1, -0.05) is 6.92 Å². The molecule has 12 heavy (non-hydrogen) atoms. The number of carbonyl (C=O) groups excluding carboxylic acids is 2. The minimum absolute atomic E-state index is 0.00583. The summed E-state index contributed by atoms with van der Waals surface area (Å²) in [6.45, 7) is 2.15. The standard InChI is InChI=1S/C9H13NO2/c1-5-2-3-6-7(4-5)9(12)10-8(6)11/h5-7H,2-4H2,1H3,(H,10,11,12)/t5-,6-,7+/m0/s1. The predicted molar refractivity (Wildman–Crippen MR) is 43.1 cm³/mol. The zero-order chi connectivity index (χ0) is 8.72. The smallest absolute Gasteiger partial charge is 0.230 e. The maximum absolute atomic E-state index is 11.2. The van der Waals surface area contributed by atoms with Gasteiger partial charge in [0.05, 0.1) is 5.92 Å². The molecule has 0 unspecified atom stereocenters. The van der Waals surface area contributed by atoms with Gasteiger partial charge in [-0.25, -0.2) is 0 Å². The van der Waals surface area contributed by atoms with Gasteiger partial charge in [0.15, 0.2) is 0 Å². The summed E-state index contributed by atoms with van der Waals surface area (Å²) < 4.78 is 0. The second-order valence-corrected chi connectivity index (χ2v) is 3.98. The number of fused-ring (bicyclic) bond motifs is 1. The lowest BCUT2D eigenvalue weighted by atomic mass is 9.76. The van der Waals surface area contributed by atoms with E-state index in [2.05, 4.69) is 12.2 Å². The van der Waals surface area contributed by atoms with E-state index in [0.717, 1.165) is 19.3 Å². The van der Waals surface area contributed by atoms with E-state index in [9.17, 15) is 9.59 Å². The highest BCUT2D eigenvalue weighted by molar-refractivity contribution is 6.05.